The van der Waals surface area contributed by atoms with E-state index in [9.17, 15) is 4.79 Å². The van der Waals surface area contributed by atoms with Gasteiger partial charge in [-0.1, -0.05) is 34.8 Å². The van der Waals surface area contributed by atoms with Crippen LogP contribution >= 0.6 is 34.8 Å². The van der Waals surface area contributed by atoms with Gasteiger partial charge in [0, 0.05) is 34.0 Å². The fourth-order valence-electron chi connectivity index (χ4n) is 3.64. The number of fused-ring (bicyclic) bond motifs is 1. The zero-order valence-electron chi connectivity index (χ0n) is 17.3. The number of nitrogens with one attached hydrogen (secondary N) is 1. The minimum absolute atomic E-state index is 0.293. The van der Waals surface area contributed by atoms with Crippen molar-refractivity contribution < 1.29 is 0 Å². The number of hydrogen-bond donors (Lipinski definition) is 1. The van der Waals surface area contributed by atoms with Gasteiger partial charge in [-0.3, -0.25) is 13.9 Å². The standard InChI is InChI=1S/C24H16Cl3N5O/c1-28-16-5-9-17(10-6-16)31-13-29-22-21(31)24(33)32(18-7-2-14(25)3-8-18)23(30-22)19-11-4-15(26)12-20(19)27/h2-13,28H,1H3. The molecule has 2 aromatic heterocycles. The van der Waals surface area contributed by atoms with Crippen LogP contribution in [0, 0.1) is 0 Å². The summed E-state index contributed by atoms with van der Waals surface area (Å²) in [5.74, 6) is 0.354. The van der Waals surface area contributed by atoms with Gasteiger partial charge in [0.1, 0.15) is 6.33 Å². The van der Waals surface area contributed by atoms with E-state index >= 15 is 0 Å². The van der Waals surface area contributed by atoms with Crippen molar-refractivity contribution in [3.8, 4) is 22.8 Å². The van der Waals surface area contributed by atoms with Crippen molar-refractivity contribution >= 4 is 51.7 Å². The lowest BCUT2D eigenvalue weighted by atomic mass is 10.2. The summed E-state index contributed by atoms with van der Waals surface area (Å²) < 4.78 is 3.23. The maximum Gasteiger partial charge on any atom is 0.285 e. The smallest absolute Gasteiger partial charge is 0.285 e. The molecular formula is C24H16Cl3N5O. The molecule has 6 nitrogen and oxygen atoms in total. The van der Waals surface area contributed by atoms with Crippen molar-refractivity contribution in [3.05, 3.63) is 98.5 Å². The number of halogens is 3. The fraction of sp³-hybridized carbons (Fsp3) is 0.0417. The van der Waals surface area contributed by atoms with E-state index in [0.29, 0.717) is 43.3 Å². The number of imidazole rings is 1. The summed E-state index contributed by atoms with van der Waals surface area (Å²) in [6, 6.07) is 19.7. The lowest BCUT2D eigenvalue weighted by molar-refractivity contribution is 0.959. The predicted molar refractivity (Wildman–Crippen MR) is 134 cm³/mol. The Labute approximate surface area is 204 Å². The van der Waals surface area contributed by atoms with Gasteiger partial charge in [0.15, 0.2) is 17.0 Å². The maximum absolute atomic E-state index is 13.9. The van der Waals surface area contributed by atoms with Crippen molar-refractivity contribution in [2.24, 2.45) is 0 Å². The second-order valence-electron chi connectivity index (χ2n) is 7.26. The molecule has 0 fully saturated rings. The first-order valence-corrected chi connectivity index (χ1v) is 11.1. The second-order valence-corrected chi connectivity index (χ2v) is 8.54. The van der Waals surface area contributed by atoms with Crippen LogP contribution < -0.4 is 10.9 Å². The number of nitrogens with zero attached hydrogens (tertiary/aromatic N) is 4. The minimum atomic E-state index is -0.293. The van der Waals surface area contributed by atoms with E-state index in [1.54, 1.807) is 53.4 Å². The van der Waals surface area contributed by atoms with E-state index < -0.39 is 0 Å². The van der Waals surface area contributed by atoms with Gasteiger partial charge in [-0.05, 0) is 66.7 Å². The van der Waals surface area contributed by atoms with Gasteiger partial charge in [-0.25, -0.2) is 9.97 Å². The van der Waals surface area contributed by atoms with E-state index in [-0.39, 0.29) is 5.56 Å². The van der Waals surface area contributed by atoms with Gasteiger partial charge < -0.3 is 5.32 Å². The van der Waals surface area contributed by atoms with Gasteiger partial charge >= 0.3 is 0 Å². The Kier molecular flexibility index (Phi) is 5.58. The molecule has 0 aliphatic carbocycles. The summed E-state index contributed by atoms with van der Waals surface area (Å²) in [4.78, 5) is 23.1. The summed E-state index contributed by atoms with van der Waals surface area (Å²) in [6.07, 6.45) is 1.59. The van der Waals surface area contributed by atoms with Crippen LogP contribution in [0.1, 0.15) is 0 Å². The van der Waals surface area contributed by atoms with Crippen molar-refractivity contribution in [2.75, 3.05) is 12.4 Å². The molecule has 0 radical (unpaired) electrons. The highest BCUT2D eigenvalue weighted by Gasteiger charge is 2.20. The molecule has 2 heterocycles. The highest BCUT2D eigenvalue weighted by Crippen LogP contribution is 2.31. The number of rotatable bonds is 4. The molecule has 0 bridgehead atoms. The molecule has 33 heavy (non-hydrogen) atoms. The van der Waals surface area contributed by atoms with Gasteiger partial charge in [0.25, 0.3) is 5.56 Å². The quantitative estimate of drug-likeness (QED) is 0.320. The van der Waals surface area contributed by atoms with Crippen LogP contribution in [0.25, 0.3) is 33.9 Å². The molecule has 1 N–H and O–H groups in total. The molecule has 5 aromatic rings. The van der Waals surface area contributed by atoms with E-state index in [4.69, 9.17) is 39.8 Å². The zero-order chi connectivity index (χ0) is 23.1. The maximum atomic E-state index is 13.9. The zero-order valence-corrected chi connectivity index (χ0v) is 19.5. The average Bonchev–Trinajstić information content (AvgIpc) is 3.24. The molecule has 0 saturated heterocycles. The van der Waals surface area contributed by atoms with Crippen LogP contribution in [0.2, 0.25) is 15.1 Å². The Bertz CT molecular complexity index is 1540. The first-order valence-electron chi connectivity index (χ1n) is 9.96. The van der Waals surface area contributed by atoms with Crippen LogP contribution in [0.3, 0.4) is 0 Å². The van der Waals surface area contributed by atoms with Crippen LogP contribution in [0.15, 0.2) is 77.9 Å². The number of aromatic nitrogens is 4. The molecule has 0 amide bonds. The lowest BCUT2D eigenvalue weighted by Crippen LogP contribution is -2.23. The van der Waals surface area contributed by atoms with Crippen molar-refractivity contribution in [1.29, 1.82) is 0 Å². The first kappa shape index (κ1) is 21.5. The Morgan fingerprint density at radius 3 is 2.18 bits per heavy atom. The van der Waals surface area contributed by atoms with Crippen LogP contribution in [-0.4, -0.2) is 26.1 Å². The normalized spacial score (nSPS) is 11.2. The molecule has 9 heteroatoms. The molecule has 0 unspecified atom stereocenters. The molecule has 164 valence electrons. The third kappa shape index (κ3) is 3.86. The van der Waals surface area contributed by atoms with Crippen LogP contribution in [-0.2, 0) is 0 Å². The third-order valence-electron chi connectivity index (χ3n) is 5.27. The van der Waals surface area contributed by atoms with E-state index in [2.05, 4.69) is 10.3 Å². The second kappa shape index (κ2) is 8.56. The van der Waals surface area contributed by atoms with Gasteiger partial charge in [-0.2, -0.15) is 0 Å². The summed E-state index contributed by atoms with van der Waals surface area (Å²) in [5.41, 5.74) is 3.26. The highest BCUT2D eigenvalue weighted by molar-refractivity contribution is 6.36. The molecule has 0 saturated carbocycles. The first-order chi connectivity index (χ1) is 16.0. The molecule has 0 spiro atoms. The molecule has 5 rings (SSSR count). The monoisotopic (exact) mass is 495 g/mol. The Morgan fingerprint density at radius 1 is 0.848 bits per heavy atom. The molecule has 0 aliphatic heterocycles. The van der Waals surface area contributed by atoms with E-state index in [0.717, 1.165) is 11.4 Å². The predicted octanol–water partition coefficient (Wildman–Crippen LogP) is 6.24. The molecule has 3 aromatic carbocycles. The third-order valence-corrected chi connectivity index (χ3v) is 6.07. The Morgan fingerprint density at radius 2 is 1.52 bits per heavy atom. The minimum Gasteiger partial charge on any atom is -0.388 e. The van der Waals surface area contributed by atoms with Crippen LogP contribution in [0.4, 0.5) is 5.69 Å². The lowest BCUT2D eigenvalue weighted by Gasteiger charge is -2.14. The average molecular weight is 497 g/mol. The molecule has 0 aliphatic rings. The van der Waals surface area contributed by atoms with Gasteiger partial charge in [0.2, 0.25) is 0 Å². The number of anilines is 1. The van der Waals surface area contributed by atoms with Crippen molar-refractivity contribution in [3.63, 3.8) is 0 Å². The number of benzene rings is 3. The van der Waals surface area contributed by atoms with Gasteiger partial charge in [0.05, 0.1) is 10.7 Å². The molecular weight excluding hydrogens is 481 g/mol. The summed E-state index contributed by atoms with van der Waals surface area (Å²) >= 11 is 18.7. The largest absolute Gasteiger partial charge is 0.388 e. The topological polar surface area (TPSA) is 64.7 Å². The summed E-state index contributed by atoms with van der Waals surface area (Å²) in [6.45, 7) is 0. The van der Waals surface area contributed by atoms with E-state index in [1.165, 1.54) is 4.57 Å². The van der Waals surface area contributed by atoms with Crippen molar-refractivity contribution in [1.82, 2.24) is 19.1 Å². The highest BCUT2D eigenvalue weighted by atomic mass is 35.5. The number of hydrogen-bond acceptors (Lipinski definition) is 4. The van der Waals surface area contributed by atoms with Crippen molar-refractivity contribution in [2.45, 2.75) is 0 Å². The Balaban J connectivity index is 1.83. The van der Waals surface area contributed by atoms with Crippen LogP contribution in [0.5, 0.6) is 0 Å². The summed E-state index contributed by atoms with van der Waals surface area (Å²) in [7, 11) is 1.85. The Hall–Kier alpha value is -3.32. The molecule has 0 atom stereocenters. The van der Waals surface area contributed by atoms with E-state index in [1.807, 2.05) is 31.3 Å². The fourth-order valence-corrected chi connectivity index (χ4v) is 4.26. The summed E-state index contributed by atoms with van der Waals surface area (Å²) in [5, 5.41) is 4.50. The van der Waals surface area contributed by atoms with Gasteiger partial charge in [-0.15, -0.1) is 0 Å². The SMILES string of the molecule is CNc1ccc(-n2cnc3nc(-c4ccc(Cl)cc4Cl)n(-c4ccc(Cl)cc4)c(=O)c32)cc1.